The summed E-state index contributed by atoms with van der Waals surface area (Å²) in [5.74, 6) is 0.160. The number of aryl methyl sites for hydroxylation is 1. The summed E-state index contributed by atoms with van der Waals surface area (Å²) in [7, 11) is 1.88. The van der Waals surface area contributed by atoms with Gasteiger partial charge in [0.25, 0.3) is 0 Å². The Bertz CT molecular complexity index is 1070. The van der Waals surface area contributed by atoms with Gasteiger partial charge in [0, 0.05) is 31.4 Å². The van der Waals surface area contributed by atoms with Gasteiger partial charge in [-0.15, -0.1) is 5.10 Å². The SMILES string of the molecule is Cn1nccc1-c1cc(NCCO)c2nnn(-c3cccc(O)c3)c2c1. The fourth-order valence-electron chi connectivity index (χ4n) is 2.97. The van der Waals surface area contributed by atoms with E-state index >= 15 is 0 Å². The van der Waals surface area contributed by atoms with Gasteiger partial charge in [0.05, 0.1) is 29.2 Å². The maximum atomic E-state index is 9.78. The number of anilines is 1. The van der Waals surface area contributed by atoms with E-state index in [4.69, 9.17) is 5.11 Å². The first-order valence-electron chi connectivity index (χ1n) is 8.19. The Balaban J connectivity index is 1.94. The van der Waals surface area contributed by atoms with Gasteiger partial charge in [0.2, 0.25) is 0 Å². The maximum absolute atomic E-state index is 9.78. The maximum Gasteiger partial charge on any atom is 0.136 e. The molecule has 0 saturated heterocycles. The Morgan fingerprint density at radius 1 is 1.15 bits per heavy atom. The van der Waals surface area contributed by atoms with Crippen molar-refractivity contribution in [2.45, 2.75) is 0 Å². The predicted molar refractivity (Wildman–Crippen MR) is 98.3 cm³/mol. The molecular weight excluding hydrogens is 332 g/mol. The quantitative estimate of drug-likeness (QED) is 0.508. The lowest BCUT2D eigenvalue weighted by molar-refractivity contribution is 0.311. The zero-order valence-corrected chi connectivity index (χ0v) is 14.2. The number of nitrogens with zero attached hydrogens (tertiary/aromatic N) is 5. The Hall–Kier alpha value is -3.39. The molecule has 4 rings (SSSR count). The van der Waals surface area contributed by atoms with E-state index < -0.39 is 0 Å². The molecule has 8 heteroatoms. The van der Waals surface area contributed by atoms with Crippen molar-refractivity contribution in [2.24, 2.45) is 7.05 Å². The van der Waals surface area contributed by atoms with E-state index in [0.717, 1.165) is 22.5 Å². The van der Waals surface area contributed by atoms with Crippen LogP contribution in [0.1, 0.15) is 0 Å². The summed E-state index contributed by atoms with van der Waals surface area (Å²) < 4.78 is 3.47. The van der Waals surface area contributed by atoms with E-state index in [-0.39, 0.29) is 12.4 Å². The number of benzene rings is 2. The van der Waals surface area contributed by atoms with Crippen LogP contribution in [0.4, 0.5) is 5.69 Å². The highest BCUT2D eigenvalue weighted by Crippen LogP contribution is 2.31. The smallest absolute Gasteiger partial charge is 0.136 e. The second kappa shape index (κ2) is 6.49. The van der Waals surface area contributed by atoms with Crippen molar-refractivity contribution < 1.29 is 10.2 Å². The van der Waals surface area contributed by atoms with Crippen molar-refractivity contribution in [3.05, 3.63) is 48.7 Å². The minimum atomic E-state index is 0.0120. The monoisotopic (exact) mass is 350 g/mol. The molecule has 0 aliphatic heterocycles. The van der Waals surface area contributed by atoms with Crippen LogP contribution in [0.5, 0.6) is 5.75 Å². The number of aromatic hydroxyl groups is 1. The Kier molecular flexibility index (Phi) is 4.02. The largest absolute Gasteiger partial charge is 0.508 e. The number of hydrogen-bond acceptors (Lipinski definition) is 6. The molecule has 0 atom stereocenters. The molecule has 0 radical (unpaired) electrons. The van der Waals surface area contributed by atoms with E-state index in [9.17, 15) is 5.11 Å². The fourth-order valence-corrected chi connectivity index (χ4v) is 2.97. The molecule has 0 spiro atoms. The molecule has 0 aliphatic carbocycles. The number of aliphatic hydroxyl groups excluding tert-OH is 1. The lowest BCUT2D eigenvalue weighted by atomic mass is 10.1. The van der Waals surface area contributed by atoms with E-state index in [0.29, 0.717) is 17.7 Å². The Labute approximate surface area is 149 Å². The first-order chi connectivity index (χ1) is 12.7. The van der Waals surface area contributed by atoms with Crippen LogP contribution in [-0.4, -0.2) is 48.1 Å². The van der Waals surface area contributed by atoms with Crippen LogP contribution in [0, 0.1) is 0 Å². The van der Waals surface area contributed by atoms with Crippen LogP contribution in [0.3, 0.4) is 0 Å². The molecule has 26 heavy (non-hydrogen) atoms. The van der Waals surface area contributed by atoms with Crippen LogP contribution in [0.25, 0.3) is 28.0 Å². The number of rotatable bonds is 5. The normalized spacial score (nSPS) is 11.2. The third-order valence-corrected chi connectivity index (χ3v) is 4.17. The summed E-state index contributed by atoms with van der Waals surface area (Å²) in [4.78, 5) is 0. The van der Waals surface area contributed by atoms with Gasteiger partial charge < -0.3 is 15.5 Å². The average molecular weight is 350 g/mol. The molecule has 4 aromatic rings. The molecule has 0 bridgehead atoms. The highest BCUT2D eigenvalue weighted by atomic mass is 16.3. The van der Waals surface area contributed by atoms with Crippen molar-refractivity contribution in [3.63, 3.8) is 0 Å². The molecule has 0 fully saturated rings. The first-order valence-corrected chi connectivity index (χ1v) is 8.19. The Morgan fingerprint density at radius 3 is 2.77 bits per heavy atom. The molecule has 0 unspecified atom stereocenters. The van der Waals surface area contributed by atoms with Gasteiger partial charge in [-0.1, -0.05) is 11.3 Å². The number of aromatic nitrogens is 5. The lowest BCUT2D eigenvalue weighted by Crippen LogP contribution is -2.06. The van der Waals surface area contributed by atoms with Crippen LogP contribution in [-0.2, 0) is 7.05 Å². The summed E-state index contributed by atoms with van der Waals surface area (Å²) in [6.07, 6.45) is 1.74. The van der Waals surface area contributed by atoms with Crippen LogP contribution < -0.4 is 5.32 Å². The van der Waals surface area contributed by atoms with Gasteiger partial charge in [-0.2, -0.15) is 5.10 Å². The van der Waals surface area contributed by atoms with Crippen molar-refractivity contribution in [1.82, 2.24) is 24.8 Å². The van der Waals surface area contributed by atoms with Gasteiger partial charge in [-0.25, -0.2) is 4.68 Å². The molecular formula is C18H18N6O2. The minimum absolute atomic E-state index is 0.0120. The topological polar surface area (TPSA) is 101 Å². The van der Waals surface area contributed by atoms with Gasteiger partial charge >= 0.3 is 0 Å². The molecule has 2 heterocycles. The van der Waals surface area contributed by atoms with Gasteiger partial charge in [-0.05, 0) is 30.3 Å². The van der Waals surface area contributed by atoms with Crippen molar-refractivity contribution >= 4 is 16.7 Å². The third kappa shape index (κ3) is 2.76. The van der Waals surface area contributed by atoms with E-state index in [1.807, 2.05) is 31.3 Å². The number of phenols is 1. The summed E-state index contributed by atoms with van der Waals surface area (Å²) >= 11 is 0. The highest BCUT2D eigenvalue weighted by Gasteiger charge is 2.15. The number of nitrogens with one attached hydrogen (secondary N) is 1. The minimum Gasteiger partial charge on any atom is -0.508 e. The van der Waals surface area contributed by atoms with E-state index in [1.54, 1.807) is 33.8 Å². The first kappa shape index (κ1) is 16.1. The molecule has 0 amide bonds. The molecule has 132 valence electrons. The highest BCUT2D eigenvalue weighted by molar-refractivity contribution is 5.93. The number of hydrogen-bond donors (Lipinski definition) is 3. The van der Waals surface area contributed by atoms with Gasteiger partial charge in [0.15, 0.2) is 0 Å². The molecule has 0 aliphatic rings. The number of aliphatic hydroxyl groups is 1. The number of fused-ring (bicyclic) bond motifs is 1. The third-order valence-electron chi connectivity index (χ3n) is 4.17. The van der Waals surface area contributed by atoms with Crippen molar-refractivity contribution in [2.75, 3.05) is 18.5 Å². The van der Waals surface area contributed by atoms with E-state index in [2.05, 4.69) is 20.7 Å². The molecule has 2 aromatic carbocycles. The summed E-state index contributed by atoms with van der Waals surface area (Å²) in [5, 5.41) is 34.9. The molecule has 8 nitrogen and oxygen atoms in total. The van der Waals surface area contributed by atoms with Gasteiger partial charge in [-0.3, -0.25) is 4.68 Å². The zero-order chi connectivity index (χ0) is 18.1. The van der Waals surface area contributed by atoms with Gasteiger partial charge in [0.1, 0.15) is 11.3 Å². The summed E-state index contributed by atoms with van der Waals surface area (Å²) in [6.45, 7) is 0.418. The lowest BCUT2D eigenvalue weighted by Gasteiger charge is -2.10. The van der Waals surface area contributed by atoms with Crippen molar-refractivity contribution in [3.8, 4) is 22.7 Å². The van der Waals surface area contributed by atoms with E-state index in [1.165, 1.54) is 0 Å². The van der Waals surface area contributed by atoms with Crippen molar-refractivity contribution in [1.29, 1.82) is 0 Å². The molecule has 2 aromatic heterocycles. The predicted octanol–water partition coefficient (Wildman–Crippen LogP) is 1.93. The molecule has 0 saturated carbocycles. The standard InChI is InChI=1S/C18H18N6O2/c1-23-16(5-6-20-23)12-9-15(19-7-8-25)18-17(10-12)24(22-21-18)13-3-2-4-14(26)11-13/h2-6,9-11,19,25-26H,7-8H2,1H3. The number of phenolic OH excluding ortho intramolecular Hbond substituents is 1. The second-order valence-electron chi connectivity index (χ2n) is 5.90. The Morgan fingerprint density at radius 2 is 2.04 bits per heavy atom. The summed E-state index contributed by atoms with van der Waals surface area (Å²) in [5.41, 5.74) is 4.86. The zero-order valence-electron chi connectivity index (χ0n) is 14.2. The second-order valence-corrected chi connectivity index (χ2v) is 5.90. The van der Waals surface area contributed by atoms with Crippen LogP contribution in [0.15, 0.2) is 48.7 Å². The van der Waals surface area contributed by atoms with Crippen LogP contribution in [0.2, 0.25) is 0 Å². The average Bonchev–Trinajstić information content (AvgIpc) is 3.25. The fraction of sp³-hybridized carbons (Fsp3) is 0.167. The van der Waals surface area contributed by atoms with Crippen LogP contribution >= 0.6 is 0 Å². The summed E-state index contributed by atoms with van der Waals surface area (Å²) in [6, 6.07) is 12.7. The molecule has 3 N–H and O–H groups in total.